The molecule has 0 bridgehead atoms. The number of ether oxygens (including phenoxy) is 2. The molecule has 4 rings (SSSR count). The van der Waals surface area contributed by atoms with E-state index in [0.717, 1.165) is 29.9 Å². The van der Waals surface area contributed by atoms with Gasteiger partial charge in [0.1, 0.15) is 5.75 Å². The Morgan fingerprint density at radius 3 is 2.65 bits per heavy atom. The van der Waals surface area contributed by atoms with Crippen LogP contribution in [0.25, 0.3) is 11.1 Å². The molecular weight excluding hydrogens is 344 g/mol. The lowest BCUT2D eigenvalue weighted by Crippen LogP contribution is -2.36. The summed E-state index contributed by atoms with van der Waals surface area (Å²) >= 11 is 1.66. The number of methoxy groups -OCH3 is 2. The van der Waals surface area contributed by atoms with Gasteiger partial charge in [-0.3, -0.25) is 4.99 Å². The van der Waals surface area contributed by atoms with E-state index in [1.54, 1.807) is 26.0 Å². The average Bonchev–Trinajstić information content (AvgIpc) is 3.07. The minimum atomic E-state index is -0.273. The van der Waals surface area contributed by atoms with Crippen molar-refractivity contribution in [2.24, 2.45) is 16.6 Å². The number of rotatable bonds is 4. The summed E-state index contributed by atoms with van der Waals surface area (Å²) in [4.78, 5) is 4.97. The molecule has 0 unspecified atom stereocenters. The van der Waals surface area contributed by atoms with Crippen LogP contribution in [0.2, 0.25) is 0 Å². The number of aliphatic imine (C=N–C) groups is 1. The largest absolute Gasteiger partial charge is 0.497 e. The standard InChI is InChI=1S/C21H24N2O2S/c1-24-18-8-4-6-15(10-18)14-5-3-7-16(9-14)21-12-19(25-2)11-17(21)13-26-20(22)23-21/h3-10,17,19H,11-13H2,1-2H3,(H2,22,23)/t17-,19+,21+/m0/s1. The van der Waals surface area contributed by atoms with Crippen LogP contribution in [-0.4, -0.2) is 31.2 Å². The summed E-state index contributed by atoms with van der Waals surface area (Å²) < 4.78 is 11.1. The minimum absolute atomic E-state index is 0.232. The van der Waals surface area contributed by atoms with Gasteiger partial charge in [0.05, 0.1) is 18.8 Å². The molecular formula is C21H24N2O2S. The maximum Gasteiger partial charge on any atom is 0.154 e. The number of amidine groups is 1. The van der Waals surface area contributed by atoms with Crippen LogP contribution >= 0.6 is 11.8 Å². The molecule has 0 spiro atoms. The molecule has 1 fully saturated rings. The summed E-state index contributed by atoms with van der Waals surface area (Å²) in [6, 6.07) is 16.8. The van der Waals surface area contributed by atoms with Crippen molar-refractivity contribution in [2.45, 2.75) is 24.5 Å². The fraction of sp³-hybridized carbons (Fsp3) is 0.381. The summed E-state index contributed by atoms with van der Waals surface area (Å²) in [6.07, 6.45) is 2.15. The third-order valence-corrected chi connectivity index (χ3v) is 6.56. The van der Waals surface area contributed by atoms with E-state index in [1.165, 1.54) is 11.1 Å². The molecule has 0 aromatic heterocycles. The lowest BCUT2D eigenvalue weighted by Gasteiger charge is -2.36. The van der Waals surface area contributed by atoms with Gasteiger partial charge in [0.2, 0.25) is 0 Å². The predicted molar refractivity (Wildman–Crippen MR) is 108 cm³/mol. The van der Waals surface area contributed by atoms with Crippen LogP contribution in [-0.2, 0) is 10.3 Å². The molecule has 2 aromatic carbocycles. The Kier molecular flexibility index (Phi) is 4.67. The average molecular weight is 369 g/mol. The van der Waals surface area contributed by atoms with Crippen LogP contribution in [0.1, 0.15) is 18.4 Å². The molecule has 1 aliphatic carbocycles. The second-order valence-corrected chi connectivity index (χ2v) is 8.03. The number of thioether (sulfide) groups is 1. The van der Waals surface area contributed by atoms with Gasteiger partial charge < -0.3 is 15.2 Å². The molecule has 5 heteroatoms. The van der Waals surface area contributed by atoms with Gasteiger partial charge in [0.15, 0.2) is 5.17 Å². The number of hydrogen-bond donors (Lipinski definition) is 1. The maximum atomic E-state index is 6.14. The highest BCUT2D eigenvalue weighted by Crippen LogP contribution is 2.51. The van der Waals surface area contributed by atoms with Gasteiger partial charge in [-0.2, -0.15) is 0 Å². The Bertz CT molecular complexity index is 838. The van der Waals surface area contributed by atoms with Crippen molar-refractivity contribution in [1.29, 1.82) is 0 Å². The van der Waals surface area contributed by atoms with E-state index in [0.29, 0.717) is 11.1 Å². The van der Waals surface area contributed by atoms with Crippen molar-refractivity contribution in [1.82, 2.24) is 0 Å². The molecule has 26 heavy (non-hydrogen) atoms. The third-order valence-electron chi connectivity index (χ3n) is 5.60. The number of nitrogens with zero attached hydrogens (tertiary/aromatic N) is 1. The minimum Gasteiger partial charge on any atom is -0.497 e. The second kappa shape index (κ2) is 6.97. The van der Waals surface area contributed by atoms with Gasteiger partial charge in [0.25, 0.3) is 0 Å². The van der Waals surface area contributed by atoms with E-state index in [1.807, 2.05) is 12.1 Å². The number of fused-ring (bicyclic) bond motifs is 1. The molecule has 4 nitrogen and oxygen atoms in total. The summed E-state index contributed by atoms with van der Waals surface area (Å²) in [7, 11) is 3.49. The molecule has 2 N–H and O–H groups in total. The Balaban J connectivity index is 1.78. The van der Waals surface area contributed by atoms with Crippen molar-refractivity contribution in [3.8, 4) is 16.9 Å². The van der Waals surface area contributed by atoms with Gasteiger partial charge in [-0.25, -0.2) is 0 Å². The molecule has 136 valence electrons. The van der Waals surface area contributed by atoms with Gasteiger partial charge in [0, 0.05) is 25.2 Å². The Morgan fingerprint density at radius 2 is 1.88 bits per heavy atom. The Labute approximate surface area is 158 Å². The Hall–Kier alpha value is -1.98. The molecule has 0 radical (unpaired) electrons. The van der Waals surface area contributed by atoms with Crippen molar-refractivity contribution in [3.63, 3.8) is 0 Å². The van der Waals surface area contributed by atoms with E-state index in [-0.39, 0.29) is 11.6 Å². The number of nitrogens with two attached hydrogens (primary N) is 1. The molecule has 1 aliphatic heterocycles. The number of hydrogen-bond acceptors (Lipinski definition) is 5. The molecule has 1 heterocycles. The van der Waals surface area contributed by atoms with E-state index in [2.05, 4.69) is 36.4 Å². The van der Waals surface area contributed by atoms with Gasteiger partial charge >= 0.3 is 0 Å². The fourth-order valence-corrected chi connectivity index (χ4v) is 5.25. The van der Waals surface area contributed by atoms with Crippen LogP contribution in [0.15, 0.2) is 53.5 Å². The summed E-state index contributed by atoms with van der Waals surface area (Å²) in [6.45, 7) is 0. The van der Waals surface area contributed by atoms with Crippen molar-refractivity contribution in [2.75, 3.05) is 20.0 Å². The fourth-order valence-electron chi connectivity index (χ4n) is 4.24. The van der Waals surface area contributed by atoms with Crippen molar-refractivity contribution < 1.29 is 9.47 Å². The van der Waals surface area contributed by atoms with Gasteiger partial charge in [-0.15, -0.1) is 0 Å². The van der Waals surface area contributed by atoms with Crippen LogP contribution in [0.3, 0.4) is 0 Å². The zero-order valence-electron chi connectivity index (χ0n) is 15.1. The second-order valence-electron chi connectivity index (χ2n) is 6.99. The maximum absolute atomic E-state index is 6.14. The lowest BCUT2D eigenvalue weighted by atomic mass is 9.80. The Morgan fingerprint density at radius 1 is 1.12 bits per heavy atom. The van der Waals surface area contributed by atoms with E-state index in [9.17, 15) is 0 Å². The highest BCUT2D eigenvalue weighted by molar-refractivity contribution is 8.13. The van der Waals surface area contributed by atoms with Crippen LogP contribution in [0.5, 0.6) is 5.75 Å². The molecule has 2 aromatic rings. The molecule has 0 amide bonds. The topological polar surface area (TPSA) is 56.8 Å². The molecule has 1 saturated carbocycles. The quantitative estimate of drug-likeness (QED) is 0.885. The smallest absolute Gasteiger partial charge is 0.154 e. The normalized spacial score (nSPS) is 27.7. The summed E-state index contributed by atoms with van der Waals surface area (Å²) in [5.41, 5.74) is 9.41. The van der Waals surface area contributed by atoms with Gasteiger partial charge in [-0.05, 0) is 41.3 Å². The SMILES string of the molecule is COc1cccc(-c2cccc([C@]34C[C@H](OC)C[C@H]3CSC(N)=N4)c2)c1. The van der Waals surface area contributed by atoms with E-state index < -0.39 is 0 Å². The number of benzene rings is 2. The highest BCUT2D eigenvalue weighted by atomic mass is 32.2. The molecule has 2 aliphatic rings. The molecule has 3 atom stereocenters. The van der Waals surface area contributed by atoms with Gasteiger partial charge in [-0.1, -0.05) is 42.1 Å². The first-order chi connectivity index (χ1) is 12.6. The summed E-state index contributed by atoms with van der Waals surface area (Å²) in [5, 5.41) is 0.685. The lowest BCUT2D eigenvalue weighted by molar-refractivity contribution is 0.102. The van der Waals surface area contributed by atoms with Crippen LogP contribution in [0, 0.1) is 5.92 Å². The summed E-state index contributed by atoms with van der Waals surface area (Å²) in [5.74, 6) is 2.31. The third kappa shape index (κ3) is 2.99. The van der Waals surface area contributed by atoms with Crippen molar-refractivity contribution in [3.05, 3.63) is 54.1 Å². The van der Waals surface area contributed by atoms with E-state index in [4.69, 9.17) is 20.2 Å². The first-order valence-electron chi connectivity index (χ1n) is 8.90. The first-order valence-corrected chi connectivity index (χ1v) is 9.89. The predicted octanol–water partition coefficient (Wildman–Crippen LogP) is 4.04. The van der Waals surface area contributed by atoms with Crippen LogP contribution < -0.4 is 10.5 Å². The van der Waals surface area contributed by atoms with Crippen molar-refractivity contribution >= 4 is 16.9 Å². The first kappa shape index (κ1) is 17.4. The molecule has 0 saturated heterocycles. The van der Waals surface area contributed by atoms with Crippen LogP contribution in [0.4, 0.5) is 0 Å². The monoisotopic (exact) mass is 368 g/mol. The zero-order chi connectivity index (χ0) is 18.1. The van der Waals surface area contributed by atoms with E-state index >= 15 is 0 Å². The zero-order valence-corrected chi connectivity index (χ0v) is 16.0. The highest BCUT2D eigenvalue weighted by Gasteiger charge is 2.50.